The molecule has 0 fully saturated rings. The summed E-state index contributed by atoms with van der Waals surface area (Å²) in [6.45, 7) is 4.71. The van der Waals surface area contributed by atoms with Gasteiger partial charge in [0.1, 0.15) is 11.6 Å². The molecule has 2 heterocycles. The van der Waals surface area contributed by atoms with Crippen LogP contribution in [0.1, 0.15) is 111 Å². The highest BCUT2D eigenvalue weighted by molar-refractivity contribution is 8.76. The summed E-state index contributed by atoms with van der Waals surface area (Å²) in [5, 5.41) is 161. The van der Waals surface area contributed by atoms with Gasteiger partial charge in [-0.05, 0) is 60.3 Å². The Kier molecular flexibility index (Phi) is 102. The quantitative estimate of drug-likeness (QED) is 0.00770. The van der Waals surface area contributed by atoms with Crippen molar-refractivity contribution < 1.29 is 167 Å². The average Bonchev–Trinajstić information content (AvgIpc) is 1.74. The molecule has 0 aliphatic carbocycles. The van der Waals surface area contributed by atoms with Gasteiger partial charge < -0.3 is 129 Å². The molecule has 133 heavy (non-hydrogen) atoms. The fourth-order valence-corrected chi connectivity index (χ4v) is 10.9. The molecule has 2 aliphatic heterocycles. The average molecular weight is 1980 g/mol. The SMILES string of the molecule is C.C#CCC(O)COCC(O)CC.C#CCC(O)COCC(O)CC(=O)OC.C#CCC(O)COCC(O)CCC(=O)CCN1C(=O)C=CC1=O.C#CCC(O)COCC(O)CSSC.CCC(O)COCC(O)CN=[N+]=[N-].COC(=O)CC(O)COCC(O)CN=[N+]=[N-].CSSCC(O)COCC(O)CN=[N+]=[N-].[N-]=[N+]=NCC(O)COCC(O)CCC(=O)CCN1C(=O)C=CC1=O. The van der Waals surface area contributed by atoms with Crippen molar-refractivity contribution in [2.45, 2.75) is 209 Å². The van der Waals surface area contributed by atoms with Gasteiger partial charge in [-0.25, -0.2) is 0 Å². The van der Waals surface area contributed by atoms with E-state index in [-0.39, 0.29) is 235 Å². The van der Waals surface area contributed by atoms with Gasteiger partial charge in [0.2, 0.25) is 0 Å². The summed E-state index contributed by atoms with van der Waals surface area (Å²) in [5.74, 6) is 7.41. The molecule has 2 aliphatic rings. The van der Waals surface area contributed by atoms with Crippen LogP contribution in [0.2, 0.25) is 0 Å². The number of Topliss-reactive ketones (excluding diaryl/α,β-unsaturated/α-hetero) is 2. The van der Waals surface area contributed by atoms with Gasteiger partial charge in [-0.15, -0.1) is 49.4 Å². The van der Waals surface area contributed by atoms with Gasteiger partial charge in [-0.2, -0.15) is 0 Å². The summed E-state index contributed by atoms with van der Waals surface area (Å²) in [6, 6.07) is 0. The Bertz CT molecular complexity index is 3460. The lowest BCUT2D eigenvalue weighted by molar-refractivity contribution is -0.144. The van der Waals surface area contributed by atoms with Crippen LogP contribution in [0.5, 0.6) is 0 Å². The van der Waals surface area contributed by atoms with Crippen molar-refractivity contribution in [3.05, 3.63) is 66.1 Å². The van der Waals surface area contributed by atoms with Crippen molar-refractivity contribution in [1.82, 2.24) is 9.80 Å². The molecule has 16 atom stereocenters. The zero-order chi connectivity index (χ0) is 101. The van der Waals surface area contributed by atoms with E-state index in [2.05, 4.69) is 73.3 Å². The van der Waals surface area contributed by atoms with Crippen molar-refractivity contribution in [3.63, 3.8) is 0 Å². The van der Waals surface area contributed by atoms with Gasteiger partial charge in [-0.1, -0.05) is 84.9 Å². The Hall–Kier alpha value is -8.04. The predicted molar refractivity (Wildman–Crippen MR) is 494 cm³/mol. The molecule has 0 aromatic carbocycles. The molecule has 0 saturated heterocycles. The Morgan fingerprint density at radius 2 is 0.564 bits per heavy atom. The normalized spacial score (nSPS) is 15.0. The molecule has 16 N–H and O–H groups in total. The molecule has 0 aromatic heterocycles. The Morgan fingerprint density at radius 3 is 0.774 bits per heavy atom. The van der Waals surface area contributed by atoms with Crippen LogP contribution < -0.4 is 0 Å². The largest absolute Gasteiger partial charge is 0.469 e. The summed E-state index contributed by atoms with van der Waals surface area (Å²) >= 11 is 0. The van der Waals surface area contributed by atoms with Gasteiger partial charge in [0.05, 0.1) is 257 Å². The number of azide groups is 4. The van der Waals surface area contributed by atoms with E-state index < -0.39 is 133 Å². The number of ketones is 2. The summed E-state index contributed by atoms with van der Waals surface area (Å²) < 4.78 is 48.8. The number of rotatable bonds is 68. The van der Waals surface area contributed by atoms with Crippen LogP contribution in [0.4, 0.5) is 0 Å². The minimum absolute atomic E-state index is 0. The molecule has 0 aromatic rings. The summed E-state index contributed by atoms with van der Waals surface area (Å²) in [5.41, 5.74) is 32.0. The highest BCUT2D eigenvalue weighted by atomic mass is 33.1. The molecule has 48 nitrogen and oxygen atoms in total. The first kappa shape index (κ1) is 138. The molecular weight excluding hydrogens is 1840 g/mol. The van der Waals surface area contributed by atoms with E-state index in [0.29, 0.717) is 30.8 Å². The third-order valence-electron chi connectivity index (χ3n) is 15.3. The van der Waals surface area contributed by atoms with Gasteiger partial charge >= 0.3 is 11.9 Å². The number of methoxy groups -OCH3 is 2. The second-order valence-electron chi connectivity index (χ2n) is 27.3. The third kappa shape index (κ3) is 96.9. The van der Waals surface area contributed by atoms with E-state index >= 15 is 0 Å². The number of aliphatic hydroxyl groups excluding tert-OH is 16. The number of carbonyl (C=O) groups is 8. The van der Waals surface area contributed by atoms with Gasteiger partial charge in [-0.3, -0.25) is 48.2 Å². The lowest BCUT2D eigenvalue weighted by Crippen LogP contribution is -2.32. The number of hydrogen-bond donors (Lipinski definition) is 16. The molecule has 760 valence electrons. The number of nitrogens with zero attached hydrogens (tertiary/aromatic N) is 14. The van der Waals surface area contributed by atoms with Crippen LogP contribution in [-0.2, 0) is 85.7 Å². The molecule has 4 amide bonds. The number of carbonyl (C=O) groups excluding carboxylic acids is 8. The smallest absolute Gasteiger partial charge is 0.308 e. The second kappa shape index (κ2) is 98.5. The van der Waals surface area contributed by atoms with Gasteiger partial charge in [0, 0.05) is 120 Å². The Balaban J connectivity index is -0.000000276. The van der Waals surface area contributed by atoms with Crippen molar-refractivity contribution in [2.75, 3.05) is 183 Å². The van der Waals surface area contributed by atoms with Crippen LogP contribution in [0.15, 0.2) is 44.8 Å². The topological polar surface area (TPSA) is 754 Å². The first-order valence-corrected chi connectivity index (χ1v) is 46.2. The van der Waals surface area contributed by atoms with Crippen molar-refractivity contribution in [1.29, 1.82) is 0 Å². The van der Waals surface area contributed by atoms with Crippen molar-refractivity contribution in [3.8, 4) is 49.4 Å². The molecule has 52 heteroatoms. The maximum absolute atomic E-state index is 11.7. The zero-order valence-corrected chi connectivity index (χ0v) is 78.4. The minimum atomic E-state index is -0.973. The highest BCUT2D eigenvalue weighted by Gasteiger charge is 2.26. The van der Waals surface area contributed by atoms with E-state index in [0.717, 1.165) is 22.0 Å². The molecule has 0 saturated carbocycles. The van der Waals surface area contributed by atoms with Crippen LogP contribution in [0.25, 0.3) is 41.8 Å². The molecule has 16 unspecified atom stereocenters. The molecule has 0 radical (unpaired) electrons. The van der Waals surface area contributed by atoms with E-state index in [1.807, 2.05) is 26.4 Å². The Labute approximate surface area is 791 Å². The third-order valence-corrected chi connectivity index (χ3v) is 19.0. The van der Waals surface area contributed by atoms with E-state index in [4.69, 9.17) is 116 Å². The number of hydrogen-bond acceptors (Lipinski definition) is 42. The van der Waals surface area contributed by atoms with Crippen LogP contribution in [-0.4, -0.2) is 420 Å². The van der Waals surface area contributed by atoms with E-state index in [9.17, 15) is 89.4 Å². The summed E-state index contributed by atoms with van der Waals surface area (Å²) in [6.07, 6.45) is 19.4. The highest BCUT2D eigenvalue weighted by Crippen LogP contribution is 2.19. The number of terminal acetylenes is 4. The van der Waals surface area contributed by atoms with Crippen molar-refractivity contribution >= 4 is 90.3 Å². The molecule has 2 rings (SSSR count). The summed E-state index contributed by atoms with van der Waals surface area (Å²) in [4.78, 5) is 102. The maximum Gasteiger partial charge on any atom is 0.308 e. The fraction of sp³-hybridized carbons (Fsp3) is 0.753. The Morgan fingerprint density at radius 1 is 0.353 bits per heavy atom. The molecule has 0 spiro atoms. The number of imide groups is 2. The first-order chi connectivity index (χ1) is 62.9. The van der Waals surface area contributed by atoms with Gasteiger partial charge in [0.25, 0.3) is 23.6 Å². The molecule has 0 bridgehead atoms. The van der Waals surface area contributed by atoms with Crippen LogP contribution >= 0.6 is 43.2 Å². The van der Waals surface area contributed by atoms with E-state index in [1.165, 1.54) is 26.4 Å². The van der Waals surface area contributed by atoms with Crippen molar-refractivity contribution in [2.24, 2.45) is 20.5 Å². The minimum Gasteiger partial charge on any atom is -0.469 e. The first-order valence-electron chi connectivity index (χ1n) is 40.7. The second-order valence-corrected chi connectivity index (χ2v) is 32.5. The maximum atomic E-state index is 11.7. The lowest BCUT2D eigenvalue weighted by Gasteiger charge is -2.14. The monoisotopic (exact) mass is 1980 g/mol. The lowest BCUT2D eigenvalue weighted by atomic mass is 10.1. The predicted octanol–water partition coefficient (Wildman–Crippen LogP) is 1.07. The van der Waals surface area contributed by atoms with E-state index in [1.54, 1.807) is 43.2 Å². The number of esters is 2. The number of amides is 4. The molecular formula is C81H138N14O34S4. The standard InChI is InChI=1S/C16H21NO6.C14H20N4O6.C10H16O5.C9H16O3S2.C9H16O3.C8H15N3O5.C7H15N3O3S2.C7H15N3O3.CH4/c1-2-3-13(19)10-23-11-14(20)5-4-12(18)8-9-17-15(21)6-7-16(17)22;15-17-16-7-12(21)9-24-8-11(20)2-1-10(19)5-6-18-13(22)3-4-14(18)23;1-3-4-8(11)6-15-7-9(12)5-10(13)14-2;1-3-4-8(10)5-12-6-9(11)7-14-13-2;1-3-5-9(11)7-12-6-8(10)4-2;1-15-8(14)2-6(12)4-16-5-7(13)3-10-11-9;1-14-15-5-7(12)4-13-3-6(11)2-9-10-8;1-2-6(11)4-13-5-7(12)3-9-10-8;/h1,6-7,13-14,19-20H,3-5,8-11H2;3-4,11-12,20-21H,1-2,5-9H2;1,8-9,11-12H,4-7H2,2H3;1,8-11H,4-7H2,2H3;1,8-11H,4-7H2,2H3;6-7,12-13H,2-5H2,1H3;6-7,11-12H,2-5H2,1H3;6-7,11-12H,2-5H2,1H3;1H4. The zero-order valence-electron chi connectivity index (χ0n) is 75.1. The van der Waals surface area contributed by atoms with Crippen LogP contribution in [0, 0.1) is 49.4 Å². The summed E-state index contributed by atoms with van der Waals surface area (Å²) in [7, 11) is 8.77. The number of aliphatic hydroxyl groups is 16. The van der Waals surface area contributed by atoms with Crippen LogP contribution in [0.3, 0.4) is 0 Å². The fourth-order valence-electron chi connectivity index (χ4n) is 8.38. The number of ether oxygens (including phenoxy) is 10. The van der Waals surface area contributed by atoms with Gasteiger partial charge in [0.15, 0.2) is 0 Å².